The van der Waals surface area contributed by atoms with Gasteiger partial charge in [0.15, 0.2) is 16.6 Å². The third-order valence-corrected chi connectivity index (χ3v) is 5.11. The van der Waals surface area contributed by atoms with Crippen LogP contribution in [0.4, 0.5) is 5.13 Å². The van der Waals surface area contributed by atoms with Crippen LogP contribution in [0.15, 0.2) is 53.9 Å². The second-order valence-electron chi connectivity index (χ2n) is 6.49. The van der Waals surface area contributed by atoms with E-state index in [4.69, 9.17) is 14.6 Å². The molecule has 1 heterocycles. The summed E-state index contributed by atoms with van der Waals surface area (Å²) in [7, 11) is 1.63. The number of ether oxygens (including phenoxy) is 2. The summed E-state index contributed by atoms with van der Waals surface area (Å²) in [6.07, 6.45) is 1.84. The number of thiazole rings is 1. The Labute approximate surface area is 174 Å². The number of carboxylic acids is 1. The molecule has 2 N–H and O–H groups in total. The zero-order chi connectivity index (χ0) is 20.5. The van der Waals surface area contributed by atoms with Gasteiger partial charge < -0.3 is 19.9 Å². The minimum Gasteiger partial charge on any atom is -0.493 e. The molecule has 1 aromatic heterocycles. The molecule has 0 aliphatic carbocycles. The highest BCUT2D eigenvalue weighted by atomic mass is 32.1. The van der Waals surface area contributed by atoms with Crippen LogP contribution < -0.4 is 14.8 Å². The third kappa shape index (κ3) is 6.50. The molecule has 0 atom stereocenters. The average molecular weight is 413 g/mol. The van der Waals surface area contributed by atoms with E-state index in [9.17, 15) is 4.79 Å². The predicted molar refractivity (Wildman–Crippen MR) is 114 cm³/mol. The Bertz CT molecular complexity index is 928. The summed E-state index contributed by atoms with van der Waals surface area (Å²) < 4.78 is 11.4. The summed E-state index contributed by atoms with van der Waals surface area (Å²) >= 11 is 1.39. The number of rotatable bonds is 11. The number of nitrogens with one attached hydrogen (secondary N) is 1. The van der Waals surface area contributed by atoms with Gasteiger partial charge in [-0.3, -0.25) is 4.79 Å². The van der Waals surface area contributed by atoms with Gasteiger partial charge in [0.2, 0.25) is 0 Å². The van der Waals surface area contributed by atoms with Gasteiger partial charge in [-0.25, -0.2) is 4.98 Å². The fourth-order valence-corrected chi connectivity index (χ4v) is 3.56. The lowest BCUT2D eigenvalue weighted by Gasteiger charge is -2.12. The largest absolute Gasteiger partial charge is 0.493 e. The first-order valence-corrected chi connectivity index (χ1v) is 10.3. The Balaban J connectivity index is 1.50. The molecule has 3 aromatic rings. The van der Waals surface area contributed by atoms with Crippen molar-refractivity contribution in [3.63, 3.8) is 0 Å². The maximum Gasteiger partial charge on any atom is 0.309 e. The Morgan fingerprint density at radius 2 is 1.97 bits per heavy atom. The zero-order valence-corrected chi connectivity index (χ0v) is 17.1. The van der Waals surface area contributed by atoms with E-state index >= 15 is 0 Å². The summed E-state index contributed by atoms with van der Waals surface area (Å²) in [6.45, 7) is 1.18. The number of hydrogen-bond acceptors (Lipinski definition) is 6. The van der Waals surface area contributed by atoms with Crippen molar-refractivity contribution < 1.29 is 19.4 Å². The topological polar surface area (TPSA) is 80.7 Å². The van der Waals surface area contributed by atoms with Crippen LogP contribution in [-0.2, 0) is 24.2 Å². The Morgan fingerprint density at radius 1 is 1.14 bits per heavy atom. The van der Waals surface area contributed by atoms with Crippen LogP contribution in [0.25, 0.3) is 0 Å². The SMILES string of the molecule is COc1cc(CNc2nc(CC(=O)O)cs2)ccc1OCCCc1ccccc1. The Morgan fingerprint density at radius 3 is 2.72 bits per heavy atom. The third-order valence-electron chi connectivity index (χ3n) is 4.27. The smallest absolute Gasteiger partial charge is 0.309 e. The summed E-state index contributed by atoms with van der Waals surface area (Å²) in [6, 6.07) is 16.2. The van der Waals surface area contributed by atoms with Crippen molar-refractivity contribution in [3.8, 4) is 11.5 Å². The lowest BCUT2D eigenvalue weighted by atomic mass is 10.1. The van der Waals surface area contributed by atoms with Crippen molar-refractivity contribution in [1.29, 1.82) is 0 Å². The Kier molecular flexibility index (Phi) is 7.47. The molecule has 0 aliphatic heterocycles. The van der Waals surface area contributed by atoms with Crippen LogP contribution in [0.1, 0.15) is 23.2 Å². The number of aliphatic carboxylic acids is 1. The van der Waals surface area contributed by atoms with E-state index in [1.807, 2.05) is 36.4 Å². The van der Waals surface area contributed by atoms with Gasteiger partial charge in [0.25, 0.3) is 0 Å². The molecule has 29 heavy (non-hydrogen) atoms. The van der Waals surface area contributed by atoms with Crippen LogP contribution in [-0.4, -0.2) is 29.8 Å². The summed E-state index contributed by atoms with van der Waals surface area (Å²) in [5, 5.41) is 14.5. The summed E-state index contributed by atoms with van der Waals surface area (Å²) in [5.74, 6) is 0.531. The predicted octanol–water partition coefficient (Wildman–Crippen LogP) is 4.40. The molecular weight excluding hydrogens is 388 g/mol. The molecule has 0 unspecified atom stereocenters. The van der Waals surface area contributed by atoms with Crippen molar-refractivity contribution in [1.82, 2.24) is 4.98 Å². The van der Waals surface area contributed by atoms with Crippen LogP contribution in [0.5, 0.6) is 11.5 Å². The lowest BCUT2D eigenvalue weighted by molar-refractivity contribution is -0.136. The Hall–Kier alpha value is -3.06. The molecule has 2 aromatic carbocycles. The highest BCUT2D eigenvalue weighted by Crippen LogP contribution is 2.29. The van der Waals surface area contributed by atoms with Gasteiger partial charge >= 0.3 is 5.97 Å². The second kappa shape index (κ2) is 10.5. The van der Waals surface area contributed by atoms with E-state index in [0.717, 1.165) is 24.2 Å². The van der Waals surface area contributed by atoms with Crippen molar-refractivity contribution in [2.45, 2.75) is 25.8 Å². The standard InChI is InChI=1S/C22H24N2O4S/c1-27-20-12-17(14-23-22-24-18(15-29-22)13-21(25)26)9-10-19(20)28-11-5-8-16-6-3-2-4-7-16/h2-4,6-7,9-10,12,15H,5,8,11,13-14H2,1H3,(H,23,24)(H,25,26). The van der Waals surface area contributed by atoms with Crippen molar-refractivity contribution >= 4 is 22.4 Å². The van der Waals surface area contributed by atoms with Gasteiger partial charge in [0.05, 0.1) is 25.8 Å². The number of carboxylic acid groups (broad SMARTS) is 1. The second-order valence-corrected chi connectivity index (χ2v) is 7.35. The molecule has 0 bridgehead atoms. The fourth-order valence-electron chi connectivity index (χ4n) is 2.85. The normalized spacial score (nSPS) is 10.5. The number of nitrogens with zero attached hydrogens (tertiary/aromatic N) is 1. The van der Waals surface area contributed by atoms with Gasteiger partial charge in [0.1, 0.15) is 0 Å². The first-order valence-electron chi connectivity index (χ1n) is 9.38. The van der Waals surface area contributed by atoms with Crippen molar-refractivity contribution in [2.75, 3.05) is 19.0 Å². The van der Waals surface area contributed by atoms with E-state index in [-0.39, 0.29) is 6.42 Å². The van der Waals surface area contributed by atoms with Gasteiger partial charge in [-0.2, -0.15) is 0 Å². The van der Waals surface area contributed by atoms with E-state index < -0.39 is 5.97 Å². The van der Waals surface area contributed by atoms with E-state index in [0.29, 0.717) is 29.7 Å². The van der Waals surface area contributed by atoms with Crippen LogP contribution in [0.3, 0.4) is 0 Å². The number of anilines is 1. The number of methoxy groups -OCH3 is 1. The van der Waals surface area contributed by atoms with Gasteiger partial charge in [-0.15, -0.1) is 11.3 Å². The molecule has 0 saturated heterocycles. The van der Waals surface area contributed by atoms with E-state index in [2.05, 4.69) is 22.4 Å². The first kappa shape index (κ1) is 20.7. The van der Waals surface area contributed by atoms with E-state index in [1.54, 1.807) is 12.5 Å². The molecule has 0 saturated carbocycles. The van der Waals surface area contributed by atoms with Crippen LogP contribution in [0.2, 0.25) is 0 Å². The quantitative estimate of drug-likeness (QED) is 0.454. The van der Waals surface area contributed by atoms with Gasteiger partial charge in [0, 0.05) is 11.9 Å². The molecule has 7 heteroatoms. The molecule has 0 fully saturated rings. The van der Waals surface area contributed by atoms with Gasteiger partial charge in [-0.05, 0) is 36.1 Å². The molecule has 152 valence electrons. The first-order chi connectivity index (χ1) is 14.1. The minimum atomic E-state index is -0.883. The lowest BCUT2D eigenvalue weighted by Crippen LogP contribution is -2.04. The molecule has 0 amide bonds. The molecule has 6 nitrogen and oxygen atoms in total. The molecule has 0 radical (unpaired) electrons. The number of carbonyl (C=O) groups is 1. The molecular formula is C22H24N2O4S. The maximum atomic E-state index is 10.7. The number of benzene rings is 2. The number of aryl methyl sites for hydroxylation is 1. The molecule has 0 aliphatic rings. The number of aromatic nitrogens is 1. The van der Waals surface area contributed by atoms with Crippen molar-refractivity contribution in [3.05, 3.63) is 70.7 Å². The van der Waals surface area contributed by atoms with E-state index in [1.165, 1.54) is 16.9 Å². The monoisotopic (exact) mass is 412 g/mol. The average Bonchev–Trinajstić information content (AvgIpc) is 3.17. The minimum absolute atomic E-state index is 0.0672. The van der Waals surface area contributed by atoms with Crippen LogP contribution in [0, 0.1) is 0 Å². The zero-order valence-electron chi connectivity index (χ0n) is 16.3. The van der Waals surface area contributed by atoms with Crippen LogP contribution >= 0.6 is 11.3 Å². The molecule has 3 rings (SSSR count). The highest BCUT2D eigenvalue weighted by molar-refractivity contribution is 7.13. The summed E-state index contributed by atoms with van der Waals surface area (Å²) in [4.78, 5) is 15.0. The number of hydrogen-bond donors (Lipinski definition) is 2. The molecule has 0 spiro atoms. The highest BCUT2D eigenvalue weighted by Gasteiger charge is 2.08. The van der Waals surface area contributed by atoms with Gasteiger partial charge in [-0.1, -0.05) is 36.4 Å². The van der Waals surface area contributed by atoms with Crippen molar-refractivity contribution in [2.24, 2.45) is 0 Å². The summed E-state index contributed by atoms with van der Waals surface area (Å²) in [5.41, 5.74) is 2.88. The maximum absolute atomic E-state index is 10.7. The fraction of sp³-hybridized carbons (Fsp3) is 0.273.